The number of thiazole rings is 1. The van der Waals surface area contributed by atoms with Crippen molar-refractivity contribution in [2.24, 2.45) is 0 Å². The number of nitrogens with zero attached hydrogens (tertiary/aromatic N) is 2. The first-order chi connectivity index (χ1) is 14.9. The second kappa shape index (κ2) is 8.66. The number of ether oxygens (including phenoxy) is 2. The van der Waals surface area contributed by atoms with E-state index in [2.05, 4.69) is 10.3 Å². The van der Waals surface area contributed by atoms with Crippen LogP contribution < -0.4 is 14.8 Å². The Morgan fingerprint density at radius 2 is 1.94 bits per heavy atom. The van der Waals surface area contributed by atoms with Gasteiger partial charge in [-0.15, -0.1) is 11.3 Å². The van der Waals surface area contributed by atoms with E-state index in [0.29, 0.717) is 10.9 Å². The number of aromatic nitrogens is 1. The summed E-state index contributed by atoms with van der Waals surface area (Å²) in [4.78, 5) is 17.2. The highest BCUT2D eigenvalue weighted by molar-refractivity contribution is 7.89. The van der Waals surface area contributed by atoms with E-state index < -0.39 is 22.0 Å². The van der Waals surface area contributed by atoms with Crippen molar-refractivity contribution in [2.45, 2.75) is 23.9 Å². The van der Waals surface area contributed by atoms with Gasteiger partial charge in [0.05, 0.1) is 14.2 Å². The number of nitrogens with one attached hydrogen (secondary N) is 1. The van der Waals surface area contributed by atoms with Crippen LogP contribution in [0.3, 0.4) is 0 Å². The van der Waals surface area contributed by atoms with Gasteiger partial charge in [0, 0.05) is 24.2 Å². The third kappa shape index (κ3) is 4.14. The molecule has 0 saturated carbocycles. The Kier molecular flexibility index (Phi) is 5.94. The quantitative estimate of drug-likeness (QED) is 0.609. The number of hydrogen-bond donors (Lipinski definition) is 1. The number of fused-ring (bicyclic) bond motifs is 1. The summed E-state index contributed by atoms with van der Waals surface area (Å²) in [5, 5.41) is 4.89. The lowest BCUT2D eigenvalue weighted by Crippen LogP contribution is -2.50. The van der Waals surface area contributed by atoms with E-state index in [1.165, 1.54) is 42.0 Å². The minimum absolute atomic E-state index is 0.0548. The Morgan fingerprint density at radius 3 is 2.61 bits per heavy atom. The highest BCUT2D eigenvalue weighted by atomic mass is 32.2. The first-order valence-corrected chi connectivity index (χ1v) is 11.8. The fraction of sp³-hybridized carbons (Fsp3) is 0.238. The fourth-order valence-corrected chi connectivity index (χ4v) is 5.83. The predicted octanol–water partition coefficient (Wildman–Crippen LogP) is 2.91. The van der Waals surface area contributed by atoms with Crippen molar-refractivity contribution in [1.29, 1.82) is 0 Å². The Balaban J connectivity index is 1.78. The Hall–Kier alpha value is -2.95. The normalized spacial score (nSPS) is 16.4. The molecule has 0 bridgehead atoms. The lowest BCUT2D eigenvalue weighted by atomic mass is 9.95. The van der Waals surface area contributed by atoms with Crippen molar-refractivity contribution in [3.05, 3.63) is 65.2 Å². The minimum atomic E-state index is -4.10. The van der Waals surface area contributed by atoms with Crippen LogP contribution in [0.1, 0.15) is 11.1 Å². The molecular weight excluding hydrogens is 438 g/mol. The van der Waals surface area contributed by atoms with Gasteiger partial charge < -0.3 is 14.8 Å². The molecule has 162 valence electrons. The predicted molar refractivity (Wildman–Crippen MR) is 117 cm³/mol. The second-order valence-corrected chi connectivity index (χ2v) is 9.64. The van der Waals surface area contributed by atoms with E-state index in [0.717, 1.165) is 11.1 Å². The van der Waals surface area contributed by atoms with Crippen molar-refractivity contribution in [3.8, 4) is 11.5 Å². The number of carbonyl (C=O) groups excluding carboxylic acids is 1. The average molecular weight is 460 g/mol. The van der Waals surface area contributed by atoms with Crippen LogP contribution in [0.15, 0.2) is 58.9 Å². The van der Waals surface area contributed by atoms with Gasteiger partial charge in [-0.25, -0.2) is 13.4 Å². The average Bonchev–Trinajstić information content (AvgIpc) is 3.30. The van der Waals surface area contributed by atoms with Crippen molar-refractivity contribution >= 4 is 32.4 Å². The maximum atomic E-state index is 13.8. The van der Waals surface area contributed by atoms with Crippen molar-refractivity contribution in [1.82, 2.24) is 9.29 Å². The van der Waals surface area contributed by atoms with Crippen LogP contribution in [0, 0.1) is 0 Å². The van der Waals surface area contributed by atoms with Gasteiger partial charge in [-0.2, -0.15) is 4.31 Å². The monoisotopic (exact) mass is 459 g/mol. The number of methoxy groups -OCH3 is 2. The number of carbonyl (C=O) groups is 1. The smallest absolute Gasteiger partial charge is 0.247 e. The van der Waals surface area contributed by atoms with Gasteiger partial charge in [0.15, 0.2) is 5.13 Å². The van der Waals surface area contributed by atoms with Crippen LogP contribution in [0.5, 0.6) is 11.5 Å². The summed E-state index contributed by atoms with van der Waals surface area (Å²) < 4.78 is 39.3. The maximum Gasteiger partial charge on any atom is 0.247 e. The highest BCUT2D eigenvalue weighted by Gasteiger charge is 2.41. The Morgan fingerprint density at radius 1 is 1.16 bits per heavy atom. The zero-order chi connectivity index (χ0) is 22.0. The summed E-state index contributed by atoms with van der Waals surface area (Å²) in [5.74, 6) is 0.120. The highest BCUT2D eigenvalue weighted by Crippen LogP contribution is 2.35. The molecule has 1 aliphatic rings. The molecule has 0 fully saturated rings. The van der Waals surface area contributed by atoms with E-state index in [1.807, 2.05) is 24.3 Å². The van der Waals surface area contributed by atoms with Crippen LogP contribution in [0.25, 0.3) is 0 Å². The van der Waals surface area contributed by atoms with Crippen LogP contribution in [-0.2, 0) is 27.8 Å². The molecule has 1 amide bonds. The van der Waals surface area contributed by atoms with Crippen LogP contribution in [0.4, 0.5) is 5.13 Å². The first kappa shape index (κ1) is 21.3. The number of hydrogen-bond acceptors (Lipinski definition) is 7. The van der Waals surface area contributed by atoms with Crippen molar-refractivity contribution in [3.63, 3.8) is 0 Å². The van der Waals surface area contributed by atoms with E-state index in [9.17, 15) is 13.2 Å². The van der Waals surface area contributed by atoms with Gasteiger partial charge in [-0.1, -0.05) is 24.3 Å². The lowest BCUT2D eigenvalue weighted by molar-refractivity contribution is -0.120. The topological polar surface area (TPSA) is 97.8 Å². The number of amides is 1. The van der Waals surface area contributed by atoms with E-state index in [1.54, 1.807) is 17.6 Å². The van der Waals surface area contributed by atoms with Gasteiger partial charge >= 0.3 is 0 Å². The molecule has 1 aliphatic heterocycles. The molecule has 2 heterocycles. The molecule has 0 unspecified atom stereocenters. The maximum absolute atomic E-state index is 13.8. The van der Waals surface area contributed by atoms with Gasteiger partial charge in [0.2, 0.25) is 15.9 Å². The summed E-state index contributed by atoms with van der Waals surface area (Å²) in [6.07, 6.45) is 1.82. The summed E-state index contributed by atoms with van der Waals surface area (Å²) in [5.41, 5.74) is 1.79. The molecule has 0 spiro atoms. The summed E-state index contributed by atoms with van der Waals surface area (Å²) in [6, 6.07) is 11.1. The lowest BCUT2D eigenvalue weighted by Gasteiger charge is -2.35. The van der Waals surface area contributed by atoms with Gasteiger partial charge in [0.1, 0.15) is 22.4 Å². The first-order valence-electron chi connectivity index (χ1n) is 9.45. The number of sulfonamides is 1. The zero-order valence-electron chi connectivity index (χ0n) is 16.9. The molecule has 10 heteroatoms. The molecule has 1 aromatic heterocycles. The third-order valence-corrected chi connectivity index (χ3v) is 7.69. The number of benzene rings is 2. The molecule has 1 atom stereocenters. The zero-order valence-corrected chi connectivity index (χ0v) is 18.6. The summed E-state index contributed by atoms with van der Waals surface area (Å²) in [6.45, 7) is 0.0643. The molecule has 3 aromatic rings. The minimum Gasteiger partial charge on any atom is -0.497 e. The number of anilines is 1. The number of rotatable bonds is 6. The standard InChI is InChI=1S/C21H21N3O5S2/c1-28-16-7-8-18(29-2)19(12-16)31(26,27)24-13-15-6-4-3-5-14(15)11-17(24)20(25)23-21-22-9-10-30-21/h3-10,12,17H,11,13H2,1-2H3,(H,22,23,25)/t17-/m0/s1. The van der Waals surface area contributed by atoms with E-state index in [4.69, 9.17) is 9.47 Å². The van der Waals surface area contributed by atoms with Crippen LogP contribution >= 0.6 is 11.3 Å². The molecule has 1 N–H and O–H groups in total. The van der Waals surface area contributed by atoms with E-state index in [-0.39, 0.29) is 23.6 Å². The molecule has 4 rings (SSSR count). The second-order valence-electron chi connectivity index (χ2n) is 6.88. The molecule has 0 radical (unpaired) electrons. The molecule has 2 aromatic carbocycles. The largest absolute Gasteiger partial charge is 0.497 e. The molecule has 0 aliphatic carbocycles. The Labute approximate surface area is 184 Å². The van der Waals surface area contributed by atoms with Crippen LogP contribution in [-0.4, -0.2) is 43.9 Å². The third-order valence-electron chi connectivity index (χ3n) is 5.13. The molecular formula is C21H21N3O5S2. The fourth-order valence-electron chi connectivity index (χ4n) is 3.56. The summed E-state index contributed by atoms with van der Waals surface area (Å²) >= 11 is 1.27. The van der Waals surface area contributed by atoms with Gasteiger partial charge in [0.25, 0.3) is 0 Å². The van der Waals surface area contributed by atoms with Crippen LogP contribution in [0.2, 0.25) is 0 Å². The van der Waals surface area contributed by atoms with Gasteiger partial charge in [-0.05, 0) is 29.7 Å². The molecule has 8 nitrogen and oxygen atoms in total. The Bertz CT molecular complexity index is 1200. The van der Waals surface area contributed by atoms with Crippen molar-refractivity contribution < 1.29 is 22.7 Å². The van der Waals surface area contributed by atoms with E-state index >= 15 is 0 Å². The molecule has 0 saturated heterocycles. The van der Waals surface area contributed by atoms with Crippen molar-refractivity contribution in [2.75, 3.05) is 19.5 Å². The summed E-state index contributed by atoms with van der Waals surface area (Å²) in [7, 11) is -1.24. The SMILES string of the molecule is COc1ccc(OC)c(S(=O)(=O)N2Cc3ccccc3C[C@H]2C(=O)Nc2nccs2)c1. The molecule has 31 heavy (non-hydrogen) atoms. The van der Waals surface area contributed by atoms with Gasteiger partial charge in [-0.3, -0.25) is 4.79 Å².